The van der Waals surface area contributed by atoms with Crippen LogP contribution in [0.4, 0.5) is 0 Å². The lowest BCUT2D eigenvalue weighted by Crippen LogP contribution is -2.45. The molecule has 0 aromatic rings. The molecule has 0 aliphatic rings. The molecule has 2 atom stereocenters. The summed E-state index contributed by atoms with van der Waals surface area (Å²) in [5.41, 5.74) is 0. The third-order valence-electron chi connectivity index (χ3n) is 17.4. The van der Waals surface area contributed by atoms with Crippen LogP contribution in [-0.4, -0.2) is 47.4 Å². The number of rotatable bonds is 69. The molecule has 0 spiro atoms. The molecule has 0 aliphatic heterocycles. The molecular weight excluding hydrogens is 959 g/mol. The lowest BCUT2D eigenvalue weighted by atomic mass is 10.0. The summed E-state index contributed by atoms with van der Waals surface area (Å²) < 4.78 is 5.50. The Labute approximate surface area is 489 Å². The fourth-order valence-electron chi connectivity index (χ4n) is 11.9. The van der Waals surface area contributed by atoms with Gasteiger partial charge in [-0.2, -0.15) is 0 Å². The highest BCUT2D eigenvalue weighted by Gasteiger charge is 2.20. The molecule has 0 bridgehead atoms. The highest BCUT2D eigenvalue weighted by atomic mass is 16.5. The predicted molar refractivity (Wildman–Crippen MR) is 343 cm³/mol. The predicted octanol–water partition coefficient (Wildman–Crippen LogP) is 23.4. The maximum atomic E-state index is 12.5. The Kier molecular flexibility index (Phi) is 67.4. The van der Waals surface area contributed by atoms with Crippen LogP contribution in [0.5, 0.6) is 0 Å². The van der Waals surface area contributed by atoms with Crippen molar-refractivity contribution < 1.29 is 24.5 Å². The Bertz CT molecular complexity index is 1130. The van der Waals surface area contributed by atoms with Crippen LogP contribution in [0.15, 0.2) is 0 Å². The normalized spacial score (nSPS) is 12.4. The first-order valence-corrected chi connectivity index (χ1v) is 36.3. The van der Waals surface area contributed by atoms with Crippen LogP contribution in [0.1, 0.15) is 425 Å². The van der Waals surface area contributed by atoms with Gasteiger partial charge in [-0.3, -0.25) is 9.59 Å². The molecule has 0 heterocycles. The molecule has 3 N–H and O–H groups in total. The Morgan fingerprint density at radius 3 is 0.782 bits per heavy atom. The Morgan fingerprint density at radius 1 is 0.308 bits per heavy atom. The van der Waals surface area contributed by atoms with Gasteiger partial charge in [0.2, 0.25) is 5.91 Å². The first kappa shape index (κ1) is 76.9. The second-order valence-corrected chi connectivity index (χ2v) is 25.3. The zero-order chi connectivity index (χ0) is 56.4. The van der Waals surface area contributed by atoms with Crippen LogP contribution >= 0.6 is 0 Å². The number of aliphatic hydroxyl groups excluding tert-OH is 2. The molecular formula is C72H143NO5. The average Bonchev–Trinajstić information content (AvgIpc) is 3.44. The molecule has 78 heavy (non-hydrogen) atoms. The number of hydrogen-bond acceptors (Lipinski definition) is 5. The van der Waals surface area contributed by atoms with E-state index in [0.717, 1.165) is 38.5 Å². The van der Waals surface area contributed by atoms with Gasteiger partial charge in [-0.1, -0.05) is 386 Å². The molecule has 0 aromatic carbocycles. The summed E-state index contributed by atoms with van der Waals surface area (Å²) in [6.45, 7) is 4.99. The largest absolute Gasteiger partial charge is 0.466 e. The first-order valence-electron chi connectivity index (χ1n) is 36.3. The van der Waals surface area contributed by atoms with E-state index in [1.165, 1.54) is 353 Å². The Morgan fingerprint density at radius 2 is 0.526 bits per heavy atom. The van der Waals surface area contributed by atoms with Crippen LogP contribution < -0.4 is 5.32 Å². The third kappa shape index (κ3) is 64.0. The number of ether oxygens (including phenoxy) is 1. The number of carbonyl (C=O) groups excluding carboxylic acids is 2. The summed E-state index contributed by atoms with van der Waals surface area (Å²) in [4.78, 5) is 24.5. The van der Waals surface area contributed by atoms with Crippen LogP contribution in [-0.2, 0) is 14.3 Å². The van der Waals surface area contributed by atoms with Gasteiger partial charge in [0.1, 0.15) is 0 Å². The maximum absolute atomic E-state index is 12.5. The number of hydrogen-bond donors (Lipinski definition) is 3. The van der Waals surface area contributed by atoms with Gasteiger partial charge in [-0.15, -0.1) is 0 Å². The standard InChI is InChI=1S/C72H143NO5/c1-3-5-7-9-11-13-15-17-42-46-50-54-58-62-66-72(77)78-67-63-59-55-51-47-43-40-38-36-34-32-30-28-26-24-22-20-18-19-21-23-25-27-29-31-33-35-37-39-41-45-49-53-57-61-65-71(76)73-69(68-74)70(75)64-60-56-52-48-44-16-14-12-10-8-6-4-2/h69-70,74-75H,3-68H2,1-2H3,(H,73,76). The SMILES string of the molecule is CCCCCCCCCCCCCCCCC(=O)OCCCCCCCCCCCCCCCCCCCCCCCCCCCCCCCCCCCCCC(=O)NC(CO)C(O)CCCCCCCCCCCCCC. The minimum atomic E-state index is -0.658. The first-order chi connectivity index (χ1) is 38.5. The van der Waals surface area contributed by atoms with Crippen molar-refractivity contribution in [2.24, 2.45) is 0 Å². The Balaban J connectivity index is 3.27. The molecule has 0 radical (unpaired) electrons. The number of nitrogens with one attached hydrogen (secondary N) is 1. The van der Waals surface area contributed by atoms with E-state index in [2.05, 4.69) is 19.2 Å². The number of carbonyl (C=O) groups is 2. The quantitative estimate of drug-likeness (QED) is 0.0417. The molecule has 6 nitrogen and oxygen atoms in total. The van der Waals surface area contributed by atoms with Gasteiger partial charge in [0.15, 0.2) is 0 Å². The molecule has 0 saturated carbocycles. The second kappa shape index (κ2) is 68.4. The minimum Gasteiger partial charge on any atom is -0.466 e. The summed E-state index contributed by atoms with van der Waals surface area (Å²) in [6, 6.07) is -0.535. The number of esters is 1. The average molecular weight is 1100 g/mol. The third-order valence-corrected chi connectivity index (χ3v) is 17.4. The highest BCUT2D eigenvalue weighted by Crippen LogP contribution is 2.20. The lowest BCUT2D eigenvalue weighted by molar-refractivity contribution is -0.143. The summed E-state index contributed by atoms with van der Waals surface area (Å²) in [5, 5.41) is 23.3. The lowest BCUT2D eigenvalue weighted by Gasteiger charge is -2.22. The molecule has 466 valence electrons. The molecule has 0 saturated heterocycles. The Hall–Kier alpha value is -1.14. The van der Waals surface area contributed by atoms with E-state index in [1.54, 1.807) is 0 Å². The smallest absolute Gasteiger partial charge is 0.305 e. The van der Waals surface area contributed by atoms with Crippen LogP contribution in [0.25, 0.3) is 0 Å². The van der Waals surface area contributed by atoms with Crippen molar-refractivity contribution in [2.75, 3.05) is 13.2 Å². The highest BCUT2D eigenvalue weighted by molar-refractivity contribution is 5.76. The summed E-state index contributed by atoms with van der Waals surface area (Å²) in [6.07, 6.45) is 83.2. The van der Waals surface area contributed by atoms with Gasteiger partial charge < -0.3 is 20.3 Å². The topological polar surface area (TPSA) is 95.9 Å². The van der Waals surface area contributed by atoms with E-state index in [0.29, 0.717) is 25.9 Å². The molecule has 0 fully saturated rings. The van der Waals surface area contributed by atoms with Crippen molar-refractivity contribution >= 4 is 11.9 Å². The summed E-state index contributed by atoms with van der Waals surface area (Å²) in [5.74, 6) is -0.00132. The van der Waals surface area contributed by atoms with Gasteiger partial charge >= 0.3 is 5.97 Å². The monoisotopic (exact) mass is 1100 g/mol. The maximum Gasteiger partial charge on any atom is 0.305 e. The molecule has 6 heteroatoms. The van der Waals surface area contributed by atoms with Crippen molar-refractivity contribution in [1.29, 1.82) is 0 Å². The molecule has 1 amide bonds. The van der Waals surface area contributed by atoms with Crippen LogP contribution in [0.2, 0.25) is 0 Å². The van der Waals surface area contributed by atoms with Gasteiger partial charge in [0.05, 0.1) is 25.4 Å². The second-order valence-electron chi connectivity index (χ2n) is 25.3. The van der Waals surface area contributed by atoms with Gasteiger partial charge in [-0.05, 0) is 25.7 Å². The minimum absolute atomic E-state index is 0.0259. The van der Waals surface area contributed by atoms with Crippen molar-refractivity contribution in [3.63, 3.8) is 0 Å². The number of aliphatic hydroxyl groups is 2. The zero-order valence-electron chi connectivity index (χ0n) is 53.4. The summed E-state index contributed by atoms with van der Waals surface area (Å²) >= 11 is 0. The van der Waals surface area contributed by atoms with Gasteiger partial charge in [0, 0.05) is 12.8 Å². The van der Waals surface area contributed by atoms with Gasteiger partial charge in [0.25, 0.3) is 0 Å². The number of unbranched alkanes of at least 4 members (excludes halogenated alkanes) is 58. The van der Waals surface area contributed by atoms with Crippen molar-refractivity contribution in [3.8, 4) is 0 Å². The molecule has 0 rings (SSSR count). The fraction of sp³-hybridized carbons (Fsp3) is 0.972. The zero-order valence-corrected chi connectivity index (χ0v) is 53.4. The molecule has 2 unspecified atom stereocenters. The van der Waals surface area contributed by atoms with Crippen LogP contribution in [0.3, 0.4) is 0 Å². The molecule has 0 aromatic heterocycles. The van der Waals surface area contributed by atoms with E-state index in [1.807, 2.05) is 0 Å². The van der Waals surface area contributed by atoms with E-state index in [4.69, 9.17) is 4.74 Å². The van der Waals surface area contributed by atoms with Crippen molar-refractivity contribution in [3.05, 3.63) is 0 Å². The van der Waals surface area contributed by atoms with Crippen molar-refractivity contribution in [1.82, 2.24) is 5.32 Å². The number of amides is 1. The van der Waals surface area contributed by atoms with E-state index < -0.39 is 12.1 Å². The van der Waals surface area contributed by atoms with Crippen molar-refractivity contribution in [2.45, 2.75) is 437 Å². The fourth-order valence-corrected chi connectivity index (χ4v) is 11.9. The van der Waals surface area contributed by atoms with Crippen LogP contribution in [0, 0.1) is 0 Å². The van der Waals surface area contributed by atoms with E-state index in [-0.39, 0.29) is 18.5 Å². The molecule has 0 aliphatic carbocycles. The summed E-state index contributed by atoms with van der Waals surface area (Å²) in [7, 11) is 0. The van der Waals surface area contributed by atoms with E-state index in [9.17, 15) is 19.8 Å². The van der Waals surface area contributed by atoms with Gasteiger partial charge in [-0.25, -0.2) is 0 Å². The van der Waals surface area contributed by atoms with E-state index >= 15 is 0 Å².